The van der Waals surface area contributed by atoms with Gasteiger partial charge in [-0.1, -0.05) is 35.3 Å². The molecule has 4 aliphatic carbocycles. The molecule has 7 rings (SSSR count). The summed E-state index contributed by atoms with van der Waals surface area (Å²) in [6.45, 7) is 0.512. The number of carbonyl (C=O) groups is 1. The lowest BCUT2D eigenvalue weighted by atomic mass is 9.46. The highest BCUT2D eigenvalue weighted by Gasteiger charge is 2.59. The lowest BCUT2D eigenvalue weighted by molar-refractivity contribution is -0.385. The SMILES string of the molecule is O=C(CC12CC3CC(C1)CC(n1cc([N+](=O)[O-])cn1)(C3)C2)Nc1nn(Cc2ccc(Cl)cc2)cc1Cl. The van der Waals surface area contributed by atoms with Gasteiger partial charge in [0.05, 0.1) is 17.0 Å². The fourth-order valence-electron chi connectivity index (χ4n) is 7.40. The summed E-state index contributed by atoms with van der Waals surface area (Å²) in [7, 11) is 0. The molecule has 4 fully saturated rings. The summed E-state index contributed by atoms with van der Waals surface area (Å²) < 4.78 is 3.52. The highest BCUT2D eigenvalue weighted by molar-refractivity contribution is 6.33. The predicted molar refractivity (Wildman–Crippen MR) is 135 cm³/mol. The lowest BCUT2D eigenvalue weighted by Crippen LogP contribution is -2.57. The maximum absolute atomic E-state index is 13.2. The molecule has 2 aromatic heterocycles. The van der Waals surface area contributed by atoms with Gasteiger partial charge in [0.2, 0.25) is 5.91 Å². The third-order valence-corrected chi connectivity index (χ3v) is 8.71. The first-order valence-electron chi connectivity index (χ1n) is 12.2. The Bertz CT molecular complexity index is 1320. The van der Waals surface area contributed by atoms with Crippen LogP contribution in [0.1, 0.15) is 50.5 Å². The second kappa shape index (κ2) is 8.59. The van der Waals surface area contributed by atoms with Crippen molar-refractivity contribution in [3.8, 4) is 0 Å². The maximum atomic E-state index is 13.2. The number of aromatic nitrogens is 4. The summed E-state index contributed by atoms with van der Waals surface area (Å²) in [4.78, 5) is 24.1. The van der Waals surface area contributed by atoms with Gasteiger partial charge < -0.3 is 5.32 Å². The first-order valence-corrected chi connectivity index (χ1v) is 12.9. The Labute approximate surface area is 217 Å². The van der Waals surface area contributed by atoms with E-state index < -0.39 is 4.92 Å². The number of hydrogen-bond acceptors (Lipinski definition) is 5. The minimum Gasteiger partial charge on any atom is -0.308 e. The van der Waals surface area contributed by atoms with Gasteiger partial charge in [-0.15, -0.1) is 0 Å². The maximum Gasteiger partial charge on any atom is 0.307 e. The van der Waals surface area contributed by atoms with E-state index in [1.165, 1.54) is 6.20 Å². The van der Waals surface area contributed by atoms with Crippen LogP contribution in [-0.2, 0) is 16.9 Å². The molecule has 2 atom stereocenters. The van der Waals surface area contributed by atoms with Crippen LogP contribution >= 0.6 is 23.2 Å². The Morgan fingerprint density at radius 2 is 1.86 bits per heavy atom. The van der Waals surface area contributed by atoms with Crippen LogP contribution in [0.4, 0.5) is 11.5 Å². The number of amides is 1. The number of nitrogens with one attached hydrogen (secondary N) is 1. The second-order valence-electron chi connectivity index (χ2n) is 11.0. The number of carbonyl (C=O) groups excluding carboxylic acids is 1. The number of nitrogens with zero attached hydrogens (tertiary/aromatic N) is 5. The van der Waals surface area contributed by atoms with Crippen molar-refractivity contribution in [2.45, 2.75) is 57.0 Å². The number of rotatable bonds is 7. The van der Waals surface area contributed by atoms with Gasteiger partial charge in [-0.05, 0) is 73.5 Å². The minimum atomic E-state index is -0.400. The Kier molecular flexibility index (Phi) is 5.60. The molecule has 2 unspecified atom stereocenters. The molecule has 2 heterocycles. The monoisotopic (exact) mass is 528 g/mol. The Balaban J connectivity index is 1.17. The van der Waals surface area contributed by atoms with E-state index in [0.29, 0.717) is 40.7 Å². The van der Waals surface area contributed by atoms with Gasteiger partial charge in [0.25, 0.3) is 0 Å². The van der Waals surface area contributed by atoms with E-state index in [1.807, 2.05) is 28.9 Å². The van der Waals surface area contributed by atoms with Crippen LogP contribution in [0.2, 0.25) is 10.0 Å². The van der Waals surface area contributed by atoms with Crippen LogP contribution in [0.15, 0.2) is 42.9 Å². The Morgan fingerprint density at radius 3 is 2.53 bits per heavy atom. The van der Waals surface area contributed by atoms with E-state index in [1.54, 1.807) is 17.1 Å². The van der Waals surface area contributed by atoms with Crippen molar-refractivity contribution < 1.29 is 9.72 Å². The summed E-state index contributed by atoms with van der Waals surface area (Å²) in [5.74, 6) is 1.27. The standard InChI is InChI=1S/C25H26Cl2N6O3/c26-19-3-1-16(2-4-19)12-31-14-21(27)23(30-31)29-22(34)10-24-6-17-5-18(7-24)9-25(8-17,15-24)32-13-20(11-28-32)33(35)36/h1-4,11,13-14,17-18H,5-10,12,15H2,(H,29,30,34). The molecular weight excluding hydrogens is 503 g/mol. The van der Waals surface area contributed by atoms with E-state index in [2.05, 4.69) is 15.5 Å². The van der Waals surface area contributed by atoms with Crippen LogP contribution < -0.4 is 5.32 Å². The van der Waals surface area contributed by atoms with Crippen molar-refractivity contribution in [1.82, 2.24) is 19.6 Å². The highest BCUT2D eigenvalue weighted by Crippen LogP contribution is 2.65. The van der Waals surface area contributed by atoms with E-state index in [0.717, 1.165) is 44.1 Å². The van der Waals surface area contributed by atoms with E-state index in [-0.39, 0.29) is 22.5 Å². The molecule has 0 aliphatic heterocycles. The average Bonchev–Trinajstić information content (AvgIpc) is 3.42. The summed E-state index contributed by atoms with van der Waals surface area (Å²) in [5.41, 5.74) is 0.638. The van der Waals surface area contributed by atoms with E-state index in [9.17, 15) is 14.9 Å². The molecule has 4 bridgehead atoms. The van der Waals surface area contributed by atoms with Crippen molar-refractivity contribution in [2.75, 3.05) is 5.32 Å². The largest absolute Gasteiger partial charge is 0.308 e. The fraction of sp³-hybridized carbons (Fsp3) is 0.480. The van der Waals surface area contributed by atoms with Gasteiger partial charge in [-0.25, -0.2) is 0 Å². The number of anilines is 1. The van der Waals surface area contributed by atoms with Crippen molar-refractivity contribution >= 4 is 40.6 Å². The molecule has 1 N–H and O–H groups in total. The number of hydrogen-bond donors (Lipinski definition) is 1. The van der Waals surface area contributed by atoms with Crippen molar-refractivity contribution in [1.29, 1.82) is 0 Å². The summed E-state index contributed by atoms with van der Waals surface area (Å²) in [5, 5.41) is 24.1. The third-order valence-electron chi connectivity index (χ3n) is 8.19. The van der Waals surface area contributed by atoms with Gasteiger partial charge in [0, 0.05) is 17.6 Å². The number of nitro groups is 1. The molecule has 188 valence electrons. The first-order chi connectivity index (χ1) is 17.2. The number of halogens is 2. The summed E-state index contributed by atoms with van der Waals surface area (Å²) >= 11 is 12.4. The van der Waals surface area contributed by atoms with E-state index in [4.69, 9.17) is 23.2 Å². The molecule has 36 heavy (non-hydrogen) atoms. The Hall–Kier alpha value is -2.91. The second-order valence-corrected chi connectivity index (χ2v) is 11.8. The van der Waals surface area contributed by atoms with Crippen LogP contribution in [0.25, 0.3) is 0 Å². The highest BCUT2D eigenvalue weighted by atomic mass is 35.5. The molecule has 0 saturated heterocycles. The van der Waals surface area contributed by atoms with Gasteiger partial charge in [-0.2, -0.15) is 10.2 Å². The van der Waals surface area contributed by atoms with Crippen molar-refractivity contribution in [3.05, 3.63) is 68.6 Å². The molecule has 4 saturated carbocycles. The zero-order valence-corrected chi connectivity index (χ0v) is 21.1. The fourth-order valence-corrected chi connectivity index (χ4v) is 7.72. The van der Waals surface area contributed by atoms with Crippen LogP contribution in [0.5, 0.6) is 0 Å². The van der Waals surface area contributed by atoms with Crippen molar-refractivity contribution in [3.63, 3.8) is 0 Å². The molecule has 11 heteroatoms. The Morgan fingerprint density at radius 1 is 1.14 bits per heavy atom. The zero-order valence-electron chi connectivity index (χ0n) is 19.6. The lowest BCUT2D eigenvalue weighted by Gasteiger charge is -2.61. The zero-order chi connectivity index (χ0) is 25.1. The summed E-state index contributed by atoms with van der Waals surface area (Å²) in [6.07, 6.45) is 10.9. The minimum absolute atomic E-state index is 0.0152. The number of benzene rings is 1. The average molecular weight is 529 g/mol. The van der Waals surface area contributed by atoms with Crippen LogP contribution in [0.3, 0.4) is 0 Å². The molecule has 0 radical (unpaired) electrons. The molecule has 4 aliphatic rings. The van der Waals surface area contributed by atoms with Gasteiger partial charge in [0.1, 0.15) is 17.4 Å². The van der Waals surface area contributed by atoms with Gasteiger partial charge in [0.15, 0.2) is 5.82 Å². The topological polar surface area (TPSA) is 108 Å². The van der Waals surface area contributed by atoms with Gasteiger partial charge >= 0.3 is 5.69 Å². The molecule has 0 spiro atoms. The third kappa shape index (κ3) is 4.28. The van der Waals surface area contributed by atoms with E-state index >= 15 is 0 Å². The quantitative estimate of drug-likeness (QED) is 0.314. The molecule has 3 aromatic rings. The molecule has 9 nitrogen and oxygen atoms in total. The first kappa shape index (κ1) is 23.5. The molecular formula is C25H26Cl2N6O3. The van der Waals surface area contributed by atoms with Crippen LogP contribution in [-0.4, -0.2) is 30.4 Å². The predicted octanol–water partition coefficient (Wildman–Crippen LogP) is 5.67. The van der Waals surface area contributed by atoms with Crippen molar-refractivity contribution in [2.24, 2.45) is 17.3 Å². The summed E-state index contributed by atoms with van der Waals surface area (Å²) in [6, 6.07) is 7.50. The van der Waals surface area contributed by atoms with Gasteiger partial charge in [-0.3, -0.25) is 24.3 Å². The normalized spacial score (nSPS) is 28.4. The smallest absolute Gasteiger partial charge is 0.307 e. The van der Waals surface area contributed by atoms with Crippen LogP contribution in [0, 0.1) is 27.4 Å². The molecule has 1 amide bonds. The molecule has 1 aromatic carbocycles.